The fraction of sp³-hybridized carbons (Fsp3) is 0.625. The minimum absolute atomic E-state index is 0.00666. The van der Waals surface area contributed by atoms with Crippen molar-refractivity contribution in [3.8, 4) is 0 Å². The summed E-state index contributed by atoms with van der Waals surface area (Å²) in [6, 6.07) is 23.6. The van der Waals surface area contributed by atoms with Crippen molar-refractivity contribution in [2.24, 2.45) is 0 Å². The molecule has 0 aliphatic heterocycles. The second-order valence-electron chi connectivity index (χ2n) is 27.2. The summed E-state index contributed by atoms with van der Waals surface area (Å²) in [5, 5.41) is 0. The van der Waals surface area contributed by atoms with Gasteiger partial charge in [-0.3, -0.25) is 0 Å². The summed E-state index contributed by atoms with van der Waals surface area (Å²) in [7, 11) is 0. The molecule has 0 N–H and O–H groups in total. The molecule has 6 rings (SSSR count). The first kappa shape index (κ1) is 51.6. The van der Waals surface area contributed by atoms with E-state index in [1.807, 2.05) is 0 Å². The van der Waals surface area contributed by atoms with Gasteiger partial charge >= 0.3 is 0 Å². The van der Waals surface area contributed by atoms with E-state index in [0.29, 0.717) is 11.8 Å². The number of hydrogen-bond acceptors (Lipinski definition) is 1. The van der Waals surface area contributed by atoms with E-state index < -0.39 is 0 Å². The molecule has 65 heavy (non-hydrogen) atoms. The lowest BCUT2D eigenvalue weighted by Crippen LogP contribution is -2.30. The Morgan fingerprint density at radius 2 is 0.877 bits per heavy atom. The van der Waals surface area contributed by atoms with Crippen molar-refractivity contribution in [3.05, 3.63) is 126 Å². The molecule has 1 heteroatoms. The van der Waals surface area contributed by atoms with E-state index in [2.05, 4.69) is 206 Å². The number of hydrogen-bond donors (Lipinski definition) is 0. The molecule has 0 nitrogen and oxygen atoms in total. The molecule has 0 bridgehead atoms. The van der Waals surface area contributed by atoms with Gasteiger partial charge in [0.2, 0.25) is 0 Å². The third kappa shape index (κ3) is 11.2. The first-order chi connectivity index (χ1) is 29.8. The van der Waals surface area contributed by atoms with E-state index in [-0.39, 0.29) is 38.4 Å². The van der Waals surface area contributed by atoms with Gasteiger partial charge in [0.15, 0.2) is 0 Å². The Morgan fingerprint density at radius 1 is 0.477 bits per heavy atom. The van der Waals surface area contributed by atoms with E-state index in [1.165, 1.54) is 125 Å². The first-order valence-corrected chi connectivity index (χ1v) is 26.8. The Hall–Kier alpha value is -2.77. The zero-order valence-corrected chi connectivity index (χ0v) is 46.5. The average molecular weight is 894 g/mol. The molecule has 0 amide bonds. The Labute approximate surface area is 405 Å². The minimum Gasteiger partial charge on any atom is -0.0892 e. The van der Waals surface area contributed by atoms with Gasteiger partial charge in [0.1, 0.15) is 0 Å². The Morgan fingerprint density at radius 3 is 1.25 bits per heavy atom. The lowest BCUT2D eigenvalue weighted by Gasteiger charge is -2.43. The molecule has 4 aromatic rings. The Kier molecular flexibility index (Phi) is 14.8. The molecular weight excluding hydrogens is 801 g/mol. The van der Waals surface area contributed by atoms with Crippen LogP contribution < -0.4 is 0 Å². The van der Waals surface area contributed by atoms with Crippen molar-refractivity contribution in [2.75, 3.05) is 0 Å². The third-order valence-electron chi connectivity index (χ3n) is 15.0. The fourth-order valence-electron chi connectivity index (χ4n) is 11.5. The van der Waals surface area contributed by atoms with Crippen molar-refractivity contribution in [1.82, 2.24) is 0 Å². The summed E-state index contributed by atoms with van der Waals surface area (Å²) in [5.74, 6) is 0.951. The molecular formula is C64H92S. The molecule has 0 saturated heterocycles. The molecule has 2 saturated carbocycles. The van der Waals surface area contributed by atoms with Gasteiger partial charge in [-0.15, -0.1) is 0 Å². The second-order valence-corrected chi connectivity index (χ2v) is 28.3. The predicted octanol–water partition coefficient (Wildman–Crippen LogP) is 19.4. The summed E-state index contributed by atoms with van der Waals surface area (Å²) < 4.78 is 0. The Bertz CT molecular complexity index is 2170. The number of benzene rings is 4. The maximum Gasteiger partial charge on any atom is 0.0366 e. The second kappa shape index (κ2) is 18.6. The van der Waals surface area contributed by atoms with Crippen LogP contribution in [0.15, 0.2) is 46.2 Å². The summed E-state index contributed by atoms with van der Waals surface area (Å²) in [6.07, 6.45) is 12.8. The topological polar surface area (TPSA) is 0 Å². The summed E-state index contributed by atoms with van der Waals surface area (Å²) in [4.78, 5) is 2.94. The zero-order chi connectivity index (χ0) is 48.4. The highest BCUT2D eigenvalue weighted by Gasteiger charge is 2.43. The molecule has 354 valence electrons. The van der Waals surface area contributed by atoms with Gasteiger partial charge < -0.3 is 0 Å². The van der Waals surface area contributed by atoms with Crippen LogP contribution in [0.5, 0.6) is 0 Å². The van der Waals surface area contributed by atoms with E-state index in [9.17, 15) is 0 Å². The van der Waals surface area contributed by atoms with Gasteiger partial charge in [0, 0.05) is 15.7 Å². The van der Waals surface area contributed by atoms with Crippen molar-refractivity contribution in [2.45, 2.75) is 270 Å². The van der Waals surface area contributed by atoms with Crippen LogP contribution in [-0.4, -0.2) is 0 Å². The van der Waals surface area contributed by atoms with Crippen molar-refractivity contribution >= 4 is 11.8 Å². The highest BCUT2D eigenvalue weighted by Crippen LogP contribution is 2.58. The summed E-state index contributed by atoms with van der Waals surface area (Å²) >= 11 is 2.14. The van der Waals surface area contributed by atoms with Crippen LogP contribution in [0.4, 0.5) is 0 Å². The van der Waals surface area contributed by atoms with Crippen LogP contribution in [0.3, 0.4) is 0 Å². The molecule has 4 aromatic carbocycles. The molecule has 0 heterocycles. The van der Waals surface area contributed by atoms with Gasteiger partial charge in [-0.05, 0) is 176 Å². The van der Waals surface area contributed by atoms with Gasteiger partial charge in [-0.25, -0.2) is 0 Å². The van der Waals surface area contributed by atoms with Crippen molar-refractivity contribution in [3.63, 3.8) is 0 Å². The van der Waals surface area contributed by atoms with Crippen LogP contribution >= 0.6 is 11.8 Å². The van der Waals surface area contributed by atoms with E-state index in [0.717, 1.165) is 0 Å². The Balaban J connectivity index is 2.03. The van der Waals surface area contributed by atoms with E-state index in [4.69, 9.17) is 0 Å². The lowest BCUT2D eigenvalue weighted by atomic mass is 9.62. The SMILES string of the molecule is Cc1cc(C(C)(C)C)c(C(c2c(C(C)(C)C)cc(C)cc2C(C)(C)C)c2c(C3CCCCC3)[c]c(C(C)(C)C)c(C3CCCCC3)c2Sc2cc(C(C)(C)C)[c]cc2C)c(C(C)(C)C)c1. The average Bonchev–Trinajstić information content (AvgIpc) is 3.17. The smallest absolute Gasteiger partial charge is 0.0366 e. The fourth-order valence-corrected chi connectivity index (χ4v) is 12.8. The first-order valence-electron chi connectivity index (χ1n) is 25.9. The minimum atomic E-state index is -0.0961. The number of aryl methyl sites for hydroxylation is 3. The highest BCUT2D eigenvalue weighted by atomic mass is 32.2. The summed E-state index contributed by atoms with van der Waals surface area (Å²) in [5.41, 5.74) is 20.2. The van der Waals surface area contributed by atoms with Gasteiger partial charge in [0.25, 0.3) is 0 Å². The zero-order valence-electron chi connectivity index (χ0n) is 45.7. The molecule has 0 atom stereocenters. The predicted molar refractivity (Wildman–Crippen MR) is 287 cm³/mol. The van der Waals surface area contributed by atoms with Gasteiger partial charge in [-0.1, -0.05) is 216 Å². The molecule has 2 radical (unpaired) electrons. The maximum atomic E-state index is 4.62. The third-order valence-corrected chi connectivity index (χ3v) is 16.3. The van der Waals surface area contributed by atoms with Crippen LogP contribution in [0, 0.1) is 32.9 Å². The van der Waals surface area contributed by atoms with E-state index >= 15 is 0 Å². The van der Waals surface area contributed by atoms with Crippen LogP contribution in [-0.2, 0) is 32.5 Å². The highest BCUT2D eigenvalue weighted by molar-refractivity contribution is 7.99. The monoisotopic (exact) mass is 893 g/mol. The van der Waals surface area contributed by atoms with Crippen molar-refractivity contribution < 1.29 is 0 Å². The largest absolute Gasteiger partial charge is 0.0892 e. The van der Waals surface area contributed by atoms with Gasteiger partial charge in [-0.2, -0.15) is 0 Å². The standard InChI is InChI=1S/C64H92S/c1-40-34-47(60(7,8)9)55(48(35-40)61(10,11)12)57(56-49(62(13,14)15)36-41(2)37-50(56)63(16,17)18)54-46(43-28-24-22-25-29-43)39-51(64(19,20)21)53(44-30-26-23-27-31-44)58(54)65-52-38-45(59(4,5)6)33-32-42(52)3/h32,34-38,43-44,57H,22-31H2,1-21H3. The molecule has 2 aliphatic rings. The van der Waals surface area contributed by atoms with Crippen LogP contribution in [0.2, 0.25) is 0 Å². The number of rotatable bonds is 7. The maximum absolute atomic E-state index is 4.62. The summed E-state index contributed by atoms with van der Waals surface area (Å²) in [6.45, 7) is 51.4. The molecule has 0 unspecified atom stereocenters. The van der Waals surface area contributed by atoms with Gasteiger partial charge in [0.05, 0.1) is 0 Å². The molecule has 2 fully saturated rings. The van der Waals surface area contributed by atoms with E-state index in [1.54, 1.807) is 27.1 Å². The quantitative estimate of drug-likeness (QED) is 0.167. The lowest BCUT2D eigenvalue weighted by molar-refractivity contribution is 0.422. The molecule has 0 aromatic heterocycles. The molecule has 2 aliphatic carbocycles. The van der Waals surface area contributed by atoms with Crippen molar-refractivity contribution in [1.29, 1.82) is 0 Å². The van der Waals surface area contributed by atoms with Crippen LogP contribution in [0.25, 0.3) is 0 Å². The normalized spacial score (nSPS) is 16.8. The molecule has 0 spiro atoms. The van der Waals surface area contributed by atoms with Crippen LogP contribution in [0.1, 0.15) is 284 Å².